The maximum absolute atomic E-state index is 11.3. The molecule has 0 saturated carbocycles. The average Bonchev–Trinajstić information content (AvgIpc) is 2.19. The first-order valence-corrected chi connectivity index (χ1v) is 4.20. The minimum atomic E-state index is -4.45. The fourth-order valence-electron chi connectivity index (χ4n) is 0.189. The van der Waals surface area contributed by atoms with Crippen LogP contribution in [0, 0.1) is 0 Å². The molecule has 0 aliphatic rings. The summed E-state index contributed by atoms with van der Waals surface area (Å²) < 4.78 is 81.5. The van der Waals surface area contributed by atoms with Gasteiger partial charge in [0.15, 0.2) is 13.0 Å². The van der Waals surface area contributed by atoms with Crippen LogP contribution in [-0.4, -0.2) is 48.8 Å². The number of carbonyl (C=O) groups excluding carboxylic acids is 1. The Kier molecular flexibility index (Phi) is 22.6. The summed E-state index contributed by atoms with van der Waals surface area (Å²) in [4.78, 5) is 8.00. The monoisotopic (exact) mass is 328 g/mol. The summed E-state index contributed by atoms with van der Waals surface area (Å²) in [5.74, 6) is 0. The lowest BCUT2D eigenvalue weighted by molar-refractivity contribution is -0.223. The Morgan fingerprint density at radius 2 is 1.30 bits per heavy atom. The zero-order valence-corrected chi connectivity index (χ0v) is 10.4. The lowest BCUT2D eigenvalue weighted by Crippen LogP contribution is -2.28. The highest BCUT2D eigenvalue weighted by atomic mass is 19.4. The van der Waals surface area contributed by atoms with E-state index in [4.69, 9.17) is 9.90 Å². The maximum atomic E-state index is 11.3. The molecule has 128 valence electrons. The SMILES string of the molecule is C=O.CC(O)C(F)(F)F.CC(OCF)C(F)(F)F.F.O. The third-order valence-corrected chi connectivity index (χ3v) is 1.25. The van der Waals surface area contributed by atoms with Gasteiger partial charge >= 0.3 is 12.4 Å². The number of ether oxygens (including phenoxy) is 1. The molecule has 0 radical (unpaired) electrons. The van der Waals surface area contributed by atoms with Gasteiger partial charge < -0.3 is 20.1 Å². The number of hydrogen-bond acceptors (Lipinski definition) is 3. The molecule has 0 fully saturated rings. The minimum Gasteiger partial charge on any atom is -0.412 e. The Bertz CT molecular complexity index is 194. The highest BCUT2D eigenvalue weighted by Gasteiger charge is 2.36. The predicted molar refractivity (Wildman–Crippen MR) is 53.6 cm³/mol. The minimum absolute atomic E-state index is 0. The Morgan fingerprint density at radius 3 is 1.35 bits per heavy atom. The quantitative estimate of drug-likeness (QED) is 0.787. The number of halogens is 8. The van der Waals surface area contributed by atoms with Gasteiger partial charge in [0.05, 0.1) is 0 Å². The molecule has 0 rings (SSSR count). The van der Waals surface area contributed by atoms with Gasteiger partial charge in [0.1, 0.15) is 12.9 Å². The van der Waals surface area contributed by atoms with Crippen LogP contribution in [-0.2, 0) is 9.53 Å². The van der Waals surface area contributed by atoms with E-state index in [-0.39, 0.29) is 10.2 Å². The lowest BCUT2D eigenvalue weighted by Gasteiger charge is -2.13. The molecule has 0 aromatic carbocycles. The van der Waals surface area contributed by atoms with E-state index in [1.54, 1.807) is 0 Å². The summed E-state index contributed by atoms with van der Waals surface area (Å²) in [6.45, 7) is 2.03. The normalized spacial score (nSPS) is 13.1. The topological polar surface area (TPSA) is 78.0 Å². The molecule has 4 nitrogen and oxygen atoms in total. The molecule has 12 heteroatoms. The van der Waals surface area contributed by atoms with Gasteiger partial charge in [-0.1, -0.05) is 0 Å². The van der Waals surface area contributed by atoms with E-state index in [0.29, 0.717) is 6.92 Å². The van der Waals surface area contributed by atoms with Gasteiger partial charge in [0, 0.05) is 0 Å². The molecule has 2 unspecified atom stereocenters. The van der Waals surface area contributed by atoms with Crippen LogP contribution in [0.2, 0.25) is 0 Å². The predicted octanol–water partition coefficient (Wildman–Crippen LogP) is 1.95. The summed E-state index contributed by atoms with van der Waals surface area (Å²) in [5.41, 5.74) is 0. The fraction of sp³-hybridized carbons (Fsp3) is 0.875. The van der Waals surface area contributed by atoms with E-state index in [1.165, 1.54) is 0 Å². The van der Waals surface area contributed by atoms with E-state index < -0.39 is 31.4 Å². The number of carbonyl (C=O) groups is 1. The van der Waals surface area contributed by atoms with E-state index in [9.17, 15) is 30.7 Å². The Morgan fingerprint density at radius 1 is 1.05 bits per heavy atom. The molecular weight excluding hydrogens is 312 g/mol. The van der Waals surface area contributed by atoms with Crippen molar-refractivity contribution in [2.24, 2.45) is 0 Å². The van der Waals surface area contributed by atoms with Crippen LogP contribution in [0.15, 0.2) is 0 Å². The summed E-state index contributed by atoms with van der Waals surface area (Å²) in [6.07, 6.45) is -13.1. The van der Waals surface area contributed by atoms with Crippen molar-refractivity contribution in [3.63, 3.8) is 0 Å². The molecule has 0 aromatic rings. The summed E-state index contributed by atoms with van der Waals surface area (Å²) in [7, 11) is 0. The molecule has 0 spiro atoms. The second-order valence-electron chi connectivity index (χ2n) is 2.68. The van der Waals surface area contributed by atoms with Crippen LogP contribution >= 0.6 is 0 Å². The molecule has 0 amide bonds. The number of hydrogen-bond donors (Lipinski definition) is 1. The largest absolute Gasteiger partial charge is 0.414 e. The summed E-state index contributed by atoms with van der Waals surface area (Å²) in [6, 6.07) is 0. The Labute approximate surface area is 109 Å². The van der Waals surface area contributed by atoms with Gasteiger partial charge in [-0.2, -0.15) is 26.3 Å². The van der Waals surface area contributed by atoms with Crippen molar-refractivity contribution in [3.05, 3.63) is 0 Å². The van der Waals surface area contributed by atoms with Gasteiger partial charge in [0.25, 0.3) is 0 Å². The molecule has 3 N–H and O–H groups in total. The Balaban J connectivity index is -0.0000000622. The molecule has 2 atom stereocenters. The molecule has 0 aliphatic heterocycles. The molecular formula is C8H16F8O4. The zero-order chi connectivity index (χ0) is 15.6. The molecule has 0 aliphatic carbocycles. The van der Waals surface area contributed by atoms with Crippen LogP contribution < -0.4 is 0 Å². The smallest absolute Gasteiger partial charge is 0.412 e. The average molecular weight is 328 g/mol. The number of aliphatic hydroxyl groups is 1. The van der Waals surface area contributed by atoms with Crippen LogP contribution in [0.4, 0.5) is 35.4 Å². The van der Waals surface area contributed by atoms with E-state index in [0.717, 1.165) is 6.92 Å². The molecule has 0 bridgehead atoms. The van der Waals surface area contributed by atoms with Crippen molar-refractivity contribution in [2.45, 2.75) is 38.4 Å². The second kappa shape index (κ2) is 14.4. The van der Waals surface area contributed by atoms with Crippen molar-refractivity contribution < 1.29 is 55.6 Å². The molecule has 0 aromatic heterocycles. The van der Waals surface area contributed by atoms with E-state index >= 15 is 0 Å². The van der Waals surface area contributed by atoms with Crippen molar-refractivity contribution in [1.82, 2.24) is 0 Å². The lowest BCUT2D eigenvalue weighted by atomic mass is 10.4. The first-order valence-electron chi connectivity index (χ1n) is 4.20. The first-order chi connectivity index (χ1) is 7.92. The van der Waals surface area contributed by atoms with Gasteiger partial charge in [-0.15, -0.1) is 0 Å². The highest BCUT2D eigenvalue weighted by Crippen LogP contribution is 2.21. The van der Waals surface area contributed by atoms with Gasteiger partial charge in [0.2, 0.25) is 0 Å². The molecule has 20 heavy (non-hydrogen) atoms. The fourth-order valence-corrected chi connectivity index (χ4v) is 0.189. The van der Waals surface area contributed by atoms with Gasteiger partial charge in [-0.25, -0.2) is 4.39 Å². The van der Waals surface area contributed by atoms with Crippen molar-refractivity contribution >= 4 is 6.79 Å². The van der Waals surface area contributed by atoms with Gasteiger partial charge in [-0.3, -0.25) is 4.70 Å². The first kappa shape index (κ1) is 31.4. The third-order valence-electron chi connectivity index (χ3n) is 1.25. The third kappa shape index (κ3) is 22.2. The number of rotatable bonds is 2. The number of aliphatic hydroxyl groups excluding tert-OH is 1. The highest BCUT2D eigenvalue weighted by molar-refractivity contribution is 5.10. The molecule has 0 heterocycles. The summed E-state index contributed by atoms with van der Waals surface area (Å²) in [5, 5.41) is 7.76. The zero-order valence-electron chi connectivity index (χ0n) is 10.4. The van der Waals surface area contributed by atoms with Crippen molar-refractivity contribution in [3.8, 4) is 0 Å². The van der Waals surface area contributed by atoms with Crippen molar-refractivity contribution in [2.75, 3.05) is 6.86 Å². The van der Waals surface area contributed by atoms with Crippen molar-refractivity contribution in [1.29, 1.82) is 0 Å². The van der Waals surface area contributed by atoms with Crippen LogP contribution in [0.5, 0.6) is 0 Å². The summed E-state index contributed by atoms with van der Waals surface area (Å²) >= 11 is 0. The van der Waals surface area contributed by atoms with Crippen LogP contribution in [0.1, 0.15) is 13.8 Å². The van der Waals surface area contributed by atoms with E-state index in [1.807, 2.05) is 6.79 Å². The molecule has 0 saturated heterocycles. The maximum Gasteiger partial charge on any atom is 0.414 e. The van der Waals surface area contributed by atoms with Crippen LogP contribution in [0.3, 0.4) is 0 Å². The van der Waals surface area contributed by atoms with E-state index in [2.05, 4.69) is 4.74 Å². The van der Waals surface area contributed by atoms with Gasteiger partial charge in [-0.05, 0) is 13.8 Å². The standard InChI is InChI=1S/C4H6F4O.C3H5F3O.CH2O.FH.H2O/c1-3(9-2-5)4(6,7)8;1-2(7)3(4,5)6;1-2;;/h3H,2H2,1H3;2,7H,1H3;1H2;1H;1H2. The number of alkyl halides is 7. The second-order valence-corrected chi connectivity index (χ2v) is 2.68. The van der Waals surface area contributed by atoms with Crippen LogP contribution in [0.25, 0.3) is 0 Å². The Hall–Kier alpha value is -1.01.